The summed E-state index contributed by atoms with van der Waals surface area (Å²) in [5, 5.41) is 3.37. The molecule has 1 unspecified atom stereocenters. The van der Waals surface area contributed by atoms with Crippen LogP contribution in [-0.4, -0.2) is 19.2 Å². The van der Waals surface area contributed by atoms with Gasteiger partial charge in [0.15, 0.2) is 0 Å². The molecule has 2 nitrogen and oxygen atoms in total. The third kappa shape index (κ3) is 4.86. The Labute approximate surface area is 98.0 Å². The molecular weight excluding hydrogens is 198 g/mol. The lowest BCUT2D eigenvalue weighted by molar-refractivity contribution is 0.304. The largest absolute Gasteiger partial charge is 0.492 e. The summed E-state index contributed by atoms with van der Waals surface area (Å²) >= 11 is 0. The smallest absolute Gasteiger partial charge is 0.119 e. The van der Waals surface area contributed by atoms with Crippen molar-refractivity contribution in [3.8, 4) is 18.1 Å². The number of hydrogen-bond acceptors (Lipinski definition) is 2. The van der Waals surface area contributed by atoms with Crippen LogP contribution in [0.5, 0.6) is 5.75 Å². The van der Waals surface area contributed by atoms with Crippen LogP contribution < -0.4 is 10.1 Å². The fourth-order valence-electron chi connectivity index (χ4n) is 1.45. The third-order valence-electron chi connectivity index (χ3n) is 2.40. The van der Waals surface area contributed by atoms with Crippen LogP contribution in [0.1, 0.15) is 19.8 Å². The highest BCUT2D eigenvalue weighted by Gasteiger charge is 2.02. The molecule has 0 saturated heterocycles. The number of ether oxygens (including phenoxy) is 1. The predicted molar refractivity (Wildman–Crippen MR) is 67.5 cm³/mol. The van der Waals surface area contributed by atoms with Crippen LogP contribution in [-0.2, 0) is 0 Å². The van der Waals surface area contributed by atoms with Gasteiger partial charge in [0.05, 0.1) is 0 Å². The maximum atomic E-state index is 5.56. The lowest BCUT2D eigenvalue weighted by atomic mass is 10.1. The van der Waals surface area contributed by atoms with Gasteiger partial charge in [0.1, 0.15) is 12.4 Å². The molecule has 1 atom stereocenters. The van der Waals surface area contributed by atoms with Crippen molar-refractivity contribution in [2.45, 2.75) is 25.8 Å². The average molecular weight is 217 g/mol. The monoisotopic (exact) mass is 217 g/mol. The second-order valence-electron chi connectivity index (χ2n) is 3.63. The summed E-state index contributed by atoms with van der Waals surface area (Å²) in [5.41, 5.74) is 0. The van der Waals surface area contributed by atoms with Crippen molar-refractivity contribution >= 4 is 0 Å². The predicted octanol–water partition coefficient (Wildman–Crippen LogP) is 2.46. The molecule has 1 aromatic rings. The Morgan fingerprint density at radius 2 is 2.12 bits per heavy atom. The van der Waals surface area contributed by atoms with E-state index < -0.39 is 0 Å². The van der Waals surface area contributed by atoms with E-state index in [1.807, 2.05) is 30.3 Å². The summed E-state index contributed by atoms with van der Waals surface area (Å²) in [4.78, 5) is 0. The quantitative estimate of drug-likeness (QED) is 0.559. The highest BCUT2D eigenvalue weighted by Crippen LogP contribution is 2.07. The van der Waals surface area contributed by atoms with Crippen molar-refractivity contribution in [1.82, 2.24) is 5.32 Å². The van der Waals surface area contributed by atoms with E-state index in [-0.39, 0.29) is 0 Å². The van der Waals surface area contributed by atoms with Crippen molar-refractivity contribution in [2.24, 2.45) is 0 Å². The van der Waals surface area contributed by atoms with Gasteiger partial charge in [-0.1, -0.05) is 25.1 Å². The Kier molecular flexibility index (Phi) is 6.13. The van der Waals surface area contributed by atoms with Gasteiger partial charge >= 0.3 is 0 Å². The second-order valence-corrected chi connectivity index (χ2v) is 3.63. The fourth-order valence-corrected chi connectivity index (χ4v) is 1.45. The molecule has 0 aliphatic rings. The van der Waals surface area contributed by atoms with Gasteiger partial charge in [0, 0.05) is 19.0 Å². The molecule has 0 aliphatic heterocycles. The molecule has 1 N–H and O–H groups in total. The summed E-state index contributed by atoms with van der Waals surface area (Å²) in [7, 11) is 0. The third-order valence-corrected chi connectivity index (χ3v) is 2.40. The zero-order valence-electron chi connectivity index (χ0n) is 9.78. The summed E-state index contributed by atoms with van der Waals surface area (Å²) in [5.74, 6) is 3.59. The first-order chi connectivity index (χ1) is 7.86. The SMILES string of the molecule is C#CCC(CC)NCCOc1ccccc1. The first-order valence-corrected chi connectivity index (χ1v) is 5.71. The Hall–Kier alpha value is -1.46. The Morgan fingerprint density at radius 1 is 1.38 bits per heavy atom. The van der Waals surface area contributed by atoms with Gasteiger partial charge in [-0.15, -0.1) is 12.3 Å². The molecule has 16 heavy (non-hydrogen) atoms. The summed E-state index contributed by atoms with van der Waals surface area (Å²) in [6.07, 6.45) is 7.11. The molecule has 86 valence electrons. The molecule has 0 spiro atoms. The summed E-state index contributed by atoms with van der Waals surface area (Å²) in [6.45, 7) is 3.63. The molecule has 0 bridgehead atoms. The van der Waals surface area contributed by atoms with Crippen LogP contribution in [0.2, 0.25) is 0 Å². The average Bonchev–Trinajstić information content (AvgIpc) is 2.34. The Balaban J connectivity index is 2.14. The molecule has 0 radical (unpaired) electrons. The van der Waals surface area contributed by atoms with E-state index in [1.54, 1.807) is 0 Å². The lowest BCUT2D eigenvalue weighted by Crippen LogP contribution is -2.31. The van der Waals surface area contributed by atoms with Gasteiger partial charge in [-0.3, -0.25) is 0 Å². The lowest BCUT2D eigenvalue weighted by Gasteiger charge is -2.14. The zero-order valence-corrected chi connectivity index (χ0v) is 9.78. The topological polar surface area (TPSA) is 21.3 Å². The molecular formula is C14H19NO. The number of nitrogens with one attached hydrogen (secondary N) is 1. The molecule has 0 saturated carbocycles. The van der Waals surface area contributed by atoms with Gasteiger partial charge < -0.3 is 10.1 Å². The van der Waals surface area contributed by atoms with E-state index in [0.29, 0.717) is 12.6 Å². The highest BCUT2D eigenvalue weighted by molar-refractivity contribution is 5.20. The standard InChI is InChI=1S/C14H19NO/c1-3-8-13(4-2)15-11-12-16-14-9-6-5-7-10-14/h1,5-7,9-10,13,15H,4,8,11-12H2,2H3. The van der Waals surface area contributed by atoms with Crippen LogP contribution in [0.3, 0.4) is 0 Å². The van der Waals surface area contributed by atoms with Crippen LogP contribution in [0.25, 0.3) is 0 Å². The van der Waals surface area contributed by atoms with Crippen molar-refractivity contribution in [3.05, 3.63) is 30.3 Å². The van der Waals surface area contributed by atoms with E-state index >= 15 is 0 Å². The first-order valence-electron chi connectivity index (χ1n) is 5.71. The van der Waals surface area contributed by atoms with Gasteiger partial charge in [-0.2, -0.15) is 0 Å². The van der Waals surface area contributed by atoms with Crippen LogP contribution in [0.4, 0.5) is 0 Å². The van der Waals surface area contributed by atoms with E-state index in [4.69, 9.17) is 11.2 Å². The van der Waals surface area contributed by atoms with Gasteiger partial charge in [0.25, 0.3) is 0 Å². The van der Waals surface area contributed by atoms with Crippen molar-refractivity contribution in [2.75, 3.05) is 13.2 Å². The molecule has 0 heterocycles. The number of benzene rings is 1. The molecule has 2 heteroatoms. The van der Waals surface area contributed by atoms with E-state index in [1.165, 1.54) is 0 Å². The van der Waals surface area contributed by atoms with Crippen LogP contribution in [0, 0.1) is 12.3 Å². The van der Waals surface area contributed by atoms with Gasteiger partial charge in [0.2, 0.25) is 0 Å². The van der Waals surface area contributed by atoms with Crippen molar-refractivity contribution < 1.29 is 4.74 Å². The van der Waals surface area contributed by atoms with Crippen LogP contribution >= 0.6 is 0 Å². The molecule has 0 aliphatic carbocycles. The minimum Gasteiger partial charge on any atom is -0.492 e. The Bertz CT molecular complexity index is 315. The zero-order chi connectivity index (χ0) is 11.6. The minimum absolute atomic E-state index is 0.407. The first kappa shape index (κ1) is 12.6. The van der Waals surface area contributed by atoms with E-state index in [0.717, 1.165) is 25.1 Å². The summed E-state index contributed by atoms with van der Waals surface area (Å²) in [6, 6.07) is 10.2. The second kappa shape index (κ2) is 7.78. The highest BCUT2D eigenvalue weighted by atomic mass is 16.5. The number of rotatable bonds is 7. The number of terminal acetylenes is 1. The van der Waals surface area contributed by atoms with Crippen LogP contribution in [0.15, 0.2) is 30.3 Å². The normalized spacial score (nSPS) is 11.8. The minimum atomic E-state index is 0.407. The number of hydrogen-bond donors (Lipinski definition) is 1. The van der Waals surface area contributed by atoms with E-state index in [9.17, 15) is 0 Å². The van der Waals surface area contributed by atoms with Gasteiger partial charge in [-0.05, 0) is 18.6 Å². The maximum Gasteiger partial charge on any atom is 0.119 e. The van der Waals surface area contributed by atoms with Gasteiger partial charge in [-0.25, -0.2) is 0 Å². The molecule has 1 rings (SSSR count). The van der Waals surface area contributed by atoms with Crippen molar-refractivity contribution in [3.63, 3.8) is 0 Å². The Morgan fingerprint density at radius 3 is 2.75 bits per heavy atom. The fraction of sp³-hybridized carbons (Fsp3) is 0.429. The number of para-hydroxylation sites is 1. The summed E-state index contributed by atoms with van der Waals surface area (Å²) < 4.78 is 5.56. The molecule has 1 aromatic carbocycles. The van der Waals surface area contributed by atoms with E-state index in [2.05, 4.69) is 18.2 Å². The maximum absolute atomic E-state index is 5.56. The van der Waals surface area contributed by atoms with Crippen molar-refractivity contribution in [1.29, 1.82) is 0 Å². The molecule has 0 aromatic heterocycles. The molecule has 0 fully saturated rings. The molecule has 0 amide bonds.